The summed E-state index contributed by atoms with van der Waals surface area (Å²) >= 11 is 0. The van der Waals surface area contributed by atoms with Gasteiger partial charge in [-0.05, 0) is 50.9 Å². The third-order valence-corrected chi connectivity index (χ3v) is 4.30. The smallest absolute Gasteiger partial charge is 0.00722 e. The van der Waals surface area contributed by atoms with Gasteiger partial charge in [0.25, 0.3) is 0 Å². The summed E-state index contributed by atoms with van der Waals surface area (Å²) in [6.07, 6.45) is 10.1. The fourth-order valence-electron chi connectivity index (χ4n) is 3.32. The first-order valence-corrected chi connectivity index (χ1v) is 6.51. The zero-order valence-corrected chi connectivity index (χ0v) is 9.76. The van der Waals surface area contributed by atoms with E-state index >= 15 is 0 Å². The van der Waals surface area contributed by atoms with Crippen molar-refractivity contribution in [2.45, 2.75) is 70.9 Å². The molecule has 0 aromatic carbocycles. The van der Waals surface area contributed by atoms with Crippen molar-refractivity contribution in [3.8, 4) is 0 Å². The summed E-state index contributed by atoms with van der Waals surface area (Å²) in [5.41, 5.74) is 0. The van der Waals surface area contributed by atoms with Gasteiger partial charge in [-0.15, -0.1) is 0 Å². The van der Waals surface area contributed by atoms with Crippen molar-refractivity contribution in [3.63, 3.8) is 0 Å². The van der Waals surface area contributed by atoms with Crippen molar-refractivity contribution in [2.24, 2.45) is 11.8 Å². The van der Waals surface area contributed by atoms with E-state index in [1.807, 2.05) is 0 Å². The molecule has 14 heavy (non-hydrogen) atoms. The Morgan fingerprint density at radius 2 is 1.79 bits per heavy atom. The molecule has 0 aromatic heterocycles. The minimum Gasteiger partial charge on any atom is -0.311 e. The first-order chi connectivity index (χ1) is 6.75. The Labute approximate surface area is 88.7 Å². The highest BCUT2D eigenvalue weighted by atomic mass is 15.0. The molecule has 1 heteroatoms. The third kappa shape index (κ3) is 2.50. The van der Waals surface area contributed by atoms with Crippen LogP contribution < -0.4 is 5.32 Å². The second kappa shape index (κ2) is 4.65. The van der Waals surface area contributed by atoms with Crippen LogP contribution in [-0.4, -0.2) is 12.1 Å². The monoisotopic (exact) mass is 195 g/mol. The third-order valence-electron chi connectivity index (χ3n) is 4.30. The van der Waals surface area contributed by atoms with Crippen LogP contribution in [0, 0.1) is 11.8 Å². The first-order valence-electron chi connectivity index (χ1n) is 6.51. The average molecular weight is 195 g/mol. The molecule has 0 aromatic rings. The topological polar surface area (TPSA) is 12.0 Å². The SMILES string of the molecule is CC1CCC(NC(C)C2CCCC2)C1. The van der Waals surface area contributed by atoms with E-state index in [1.54, 1.807) is 0 Å². The largest absolute Gasteiger partial charge is 0.311 e. The highest BCUT2D eigenvalue weighted by Crippen LogP contribution is 2.30. The van der Waals surface area contributed by atoms with E-state index in [-0.39, 0.29) is 0 Å². The predicted octanol–water partition coefficient (Wildman–Crippen LogP) is 3.34. The average Bonchev–Trinajstić information content (AvgIpc) is 2.75. The van der Waals surface area contributed by atoms with E-state index in [9.17, 15) is 0 Å². The Morgan fingerprint density at radius 1 is 1.07 bits per heavy atom. The van der Waals surface area contributed by atoms with Crippen LogP contribution in [0.2, 0.25) is 0 Å². The Kier molecular flexibility index (Phi) is 3.48. The molecule has 3 atom stereocenters. The van der Waals surface area contributed by atoms with Crippen LogP contribution in [0.25, 0.3) is 0 Å². The van der Waals surface area contributed by atoms with Crippen molar-refractivity contribution >= 4 is 0 Å². The highest BCUT2D eigenvalue weighted by molar-refractivity contribution is 4.84. The van der Waals surface area contributed by atoms with Crippen LogP contribution in [0.1, 0.15) is 58.8 Å². The molecule has 1 nitrogen and oxygen atoms in total. The molecule has 0 amide bonds. The number of hydrogen-bond acceptors (Lipinski definition) is 1. The summed E-state index contributed by atoms with van der Waals surface area (Å²) in [7, 11) is 0. The molecule has 1 N–H and O–H groups in total. The standard InChI is InChI=1S/C13H25N/c1-10-7-8-13(9-10)14-11(2)12-5-3-4-6-12/h10-14H,3-9H2,1-2H3. The normalized spacial score (nSPS) is 36.4. The number of nitrogens with one attached hydrogen (secondary N) is 1. The summed E-state index contributed by atoms with van der Waals surface area (Å²) in [4.78, 5) is 0. The minimum atomic E-state index is 0.771. The number of hydrogen-bond donors (Lipinski definition) is 1. The lowest BCUT2D eigenvalue weighted by Gasteiger charge is -2.24. The van der Waals surface area contributed by atoms with Gasteiger partial charge in [0, 0.05) is 12.1 Å². The van der Waals surface area contributed by atoms with Crippen LogP contribution in [0.5, 0.6) is 0 Å². The van der Waals surface area contributed by atoms with Crippen molar-refractivity contribution in [1.29, 1.82) is 0 Å². The van der Waals surface area contributed by atoms with Crippen molar-refractivity contribution in [2.75, 3.05) is 0 Å². The van der Waals surface area contributed by atoms with Crippen LogP contribution in [-0.2, 0) is 0 Å². The summed E-state index contributed by atoms with van der Waals surface area (Å²) in [6, 6.07) is 1.60. The van der Waals surface area contributed by atoms with E-state index in [0.717, 1.165) is 23.9 Å². The molecular formula is C13H25N. The maximum absolute atomic E-state index is 3.85. The van der Waals surface area contributed by atoms with Crippen LogP contribution in [0.3, 0.4) is 0 Å². The van der Waals surface area contributed by atoms with Gasteiger partial charge in [-0.1, -0.05) is 19.8 Å². The first kappa shape index (κ1) is 10.5. The molecule has 82 valence electrons. The molecular weight excluding hydrogens is 170 g/mol. The lowest BCUT2D eigenvalue weighted by atomic mass is 9.98. The lowest BCUT2D eigenvalue weighted by Crippen LogP contribution is -2.39. The molecule has 3 unspecified atom stereocenters. The van der Waals surface area contributed by atoms with Crippen molar-refractivity contribution in [3.05, 3.63) is 0 Å². The van der Waals surface area contributed by atoms with Gasteiger partial charge in [0.05, 0.1) is 0 Å². The Bertz CT molecular complexity index is 172. The van der Waals surface area contributed by atoms with Crippen molar-refractivity contribution in [1.82, 2.24) is 5.32 Å². The summed E-state index contributed by atoms with van der Waals surface area (Å²) in [6.45, 7) is 4.79. The van der Waals surface area contributed by atoms with E-state index in [0.29, 0.717) is 0 Å². The zero-order chi connectivity index (χ0) is 9.97. The van der Waals surface area contributed by atoms with Crippen LogP contribution in [0.4, 0.5) is 0 Å². The second-order valence-corrected chi connectivity index (χ2v) is 5.62. The van der Waals surface area contributed by atoms with E-state index < -0.39 is 0 Å². The molecule has 2 saturated carbocycles. The molecule has 0 radical (unpaired) electrons. The van der Waals surface area contributed by atoms with Gasteiger partial charge in [-0.3, -0.25) is 0 Å². The van der Waals surface area contributed by atoms with Gasteiger partial charge < -0.3 is 5.32 Å². The van der Waals surface area contributed by atoms with Gasteiger partial charge in [-0.2, -0.15) is 0 Å². The summed E-state index contributed by atoms with van der Waals surface area (Å²) < 4.78 is 0. The molecule has 0 heterocycles. The molecule has 2 aliphatic rings. The predicted molar refractivity (Wildman–Crippen MR) is 61.4 cm³/mol. The summed E-state index contributed by atoms with van der Waals surface area (Å²) in [5.74, 6) is 1.94. The van der Waals surface area contributed by atoms with Gasteiger partial charge in [-0.25, -0.2) is 0 Å². The Balaban J connectivity index is 1.73. The quantitative estimate of drug-likeness (QED) is 0.728. The molecule has 2 fully saturated rings. The Hall–Kier alpha value is -0.0400. The Morgan fingerprint density at radius 3 is 2.36 bits per heavy atom. The molecule has 0 aliphatic heterocycles. The van der Waals surface area contributed by atoms with Gasteiger partial charge in [0.2, 0.25) is 0 Å². The molecule has 0 spiro atoms. The van der Waals surface area contributed by atoms with E-state index in [4.69, 9.17) is 0 Å². The van der Waals surface area contributed by atoms with Gasteiger partial charge in [0.1, 0.15) is 0 Å². The molecule has 2 aliphatic carbocycles. The maximum Gasteiger partial charge on any atom is 0.00722 e. The van der Waals surface area contributed by atoms with Gasteiger partial charge in [0.15, 0.2) is 0 Å². The fraction of sp³-hybridized carbons (Fsp3) is 1.00. The second-order valence-electron chi connectivity index (χ2n) is 5.62. The maximum atomic E-state index is 3.85. The molecule has 0 saturated heterocycles. The van der Waals surface area contributed by atoms with Crippen LogP contribution in [0.15, 0.2) is 0 Å². The van der Waals surface area contributed by atoms with E-state index in [2.05, 4.69) is 19.2 Å². The van der Waals surface area contributed by atoms with Crippen LogP contribution >= 0.6 is 0 Å². The fourth-order valence-corrected chi connectivity index (χ4v) is 3.32. The van der Waals surface area contributed by atoms with E-state index in [1.165, 1.54) is 44.9 Å². The zero-order valence-electron chi connectivity index (χ0n) is 9.76. The molecule has 0 bridgehead atoms. The minimum absolute atomic E-state index is 0.771. The molecule has 2 rings (SSSR count). The lowest BCUT2D eigenvalue weighted by molar-refractivity contribution is 0.338. The summed E-state index contributed by atoms with van der Waals surface area (Å²) in [5, 5.41) is 3.85. The van der Waals surface area contributed by atoms with Crippen molar-refractivity contribution < 1.29 is 0 Å². The highest BCUT2D eigenvalue weighted by Gasteiger charge is 2.26. The van der Waals surface area contributed by atoms with Gasteiger partial charge >= 0.3 is 0 Å². The number of rotatable bonds is 3.